The molecule has 0 amide bonds. The second kappa shape index (κ2) is 6.17. The number of carboxylic acid groups (broad SMARTS) is 1. The summed E-state index contributed by atoms with van der Waals surface area (Å²) in [4.78, 5) is 11.3. The zero-order chi connectivity index (χ0) is 13.9. The zero-order valence-corrected chi connectivity index (χ0v) is 11.8. The molecule has 1 aromatic rings. The quantitative estimate of drug-likeness (QED) is 0.661. The summed E-state index contributed by atoms with van der Waals surface area (Å²) in [7, 11) is 0. The van der Waals surface area contributed by atoms with Gasteiger partial charge >= 0.3 is 5.97 Å². The summed E-state index contributed by atoms with van der Waals surface area (Å²) in [6.45, 7) is 3.32. The summed E-state index contributed by atoms with van der Waals surface area (Å²) in [5, 5.41) is 30.1. The molecular formula is C12H16BrNO4. The fraction of sp³-hybridized carbons (Fsp3) is 0.417. The molecule has 0 aliphatic heterocycles. The van der Waals surface area contributed by atoms with Crippen molar-refractivity contribution in [3.63, 3.8) is 0 Å². The smallest absolute Gasteiger partial charge is 0.338 e. The van der Waals surface area contributed by atoms with Crippen LogP contribution in [0.4, 0.5) is 5.69 Å². The largest absolute Gasteiger partial charge is 0.478 e. The average Bonchev–Trinajstić information content (AvgIpc) is 2.30. The number of carbonyl (C=O) groups is 1. The third-order valence-corrected chi connectivity index (χ3v) is 3.60. The van der Waals surface area contributed by atoms with E-state index in [1.807, 2.05) is 13.0 Å². The van der Waals surface area contributed by atoms with Crippen LogP contribution in [0.1, 0.15) is 21.5 Å². The van der Waals surface area contributed by atoms with Crippen molar-refractivity contribution < 1.29 is 20.1 Å². The Labute approximate surface area is 114 Å². The van der Waals surface area contributed by atoms with Gasteiger partial charge in [-0.3, -0.25) is 0 Å². The highest BCUT2D eigenvalue weighted by molar-refractivity contribution is 9.10. The number of hydrogen-bond acceptors (Lipinski definition) is 4. The Kier molecular flexibility index (Phi) is 5.13. The van der Waals surface area contributed by atoms with Crippen LogP contribution < -0.4 is 5.32 Å². The molecule has 6 heteroatoms. The van der Waals surface area contributed by atoms with Crippen molar-refractivity contribution in [3.8, 4) is 0 Å². The van der Waals surface area contributed by atoms with Crippen molar-refractivity contribution in [3.05, 3.63) is 27.2 Å². The first-order valence-corrected chi connectivity index (χ1v) is 6.23. The number of anilines is 1. The van der Waals surface area contributed by atoms with Crippen molar-refractivity contribution in [2.75, 3.05) is 18.5 Å². The topological polar surface area (TPSA) is 89.8 Å². The summed E-state index contributed by atoms with van der Waals surface area (Å²) < 4.78 is 0.515. The Morgan fingerprint density at radius 2 is 2.06 bits per heavy atom. The molecule has 100 valence electrons. The maximum Gasteiger partial charge on any atom is 0.338 e. The molecule has 0 aliphatic carbocycles. The van der Waals surface area contributed by atoms with Crippen LogP contribution in [0, 0.1) is 13.8 Å². The van der Waals surface area contributed by atoms with E-state index in [1.165, 1.54) is 0 Å². The van der Waals surface area contributed by atoms with E-state index >= 15 is 0 Å². The first-order valence-electron chi connectivity index (χ1n) is 5.44. The predicted molar refractivity (Wildman–Crippen MR) is 72.2 cm³/mol. The van der Waals surface area contributed by atoms with Gasteiger partial charge in [-0.25, -0.2) is 4.79 Å². The maximum absolute atomic E-state index is 11.3. The molecule has 18 heavy (non-hydrogen) atoms. The molecule has 0 spiro atoms. The first kappa shape index (κ1) is 14.9. The number of aryl methyl sites for hydroxylation is 2. The second-order valence-corrected chi connectivity index (χ2v) is 4.89. The summed E-state index contributed by atoms with van der Waals surface area (Å²) in [6.07, 6.45) is -0.925. The molecule has 1 aromatic carbocycles. The van der Waals surface area contributed by atoms with Gasteiger partial charge in [-0.05, 0) is 40.9 Å². The lowest BCUT2D eigenvalue weighted by Crippen LogP contribution is -2.24. The molecule has 0 radical (unpaired) electrons. The lowest BCUT2D eigenvalue weighted by molar-refractivity contribution is 0.0696. The van der Waals surface area contributed by atoms with Crippen molar-refractivity contribution in [2.45, 2.75) is 20.0 Å². The number of rotatable bonds is 5. The Morgan fingerprint density at radius 3 is 2.56 bits per heavy atom. The molecule has 1 rings (SSSR count). The standard InChI is InChI=1S/C12H16BrNO4/c1-6-3-7(2)11(14-4-8(16)5-15)9(10(6)13)12(17)18/h3,8,14-16H,4-5H2,1-2H3,(H,17,18). The minimum absolute atomic E-state index is 0.0904. The highest BCUT2D eigenvalue weighted by Gasteiger charge is 2.19. The molecular weight excluding hydrogens is 302 g/mol. The van der Waals surface area contributed by atoms with Crippen molar-refractivity contribution >= 4 is 27.6 Å². The van der Waals surface area contributed by atoms with Crippen molar-refractivity contribution in [1.82, 2.24) is 0 Å². The van der Waals surface area contributed by atoms with Crippen molar-refractivity contribution in [1.29, 1.82) is 0 Å². The number of benzene rings is 1. The third kappa shape index (κ3) is 3.22. The Balaban J connectivity index is 3.16. The van der Waals surface area contributed by atoms with Crippen LogP contribution in [0.25, 0.3) is 0 Å². The average molecular weight is 318 g/mol. The summed E-state index contributed by atoms with van der Waals surface area (Å²) in [6, 6.07) is 1.85. The molecule has 5 nitrogen and oxygen atoms in total. The van der Waals surface area contributed by atoms with Crippen LogP contribution in [-0.2, 0) is 0 Å². The molecule has 0 saturated carbocycles. The Bertz CT molecular complexity index is 462. The van der Waals surface area contributed by atoms with Crippen LogP contribution in [0.15, 0.2) is 10.5 Å². The van der Waals surface area contributed by atoms with Gasteiger partial charge in [-0.2, -0.15) is 0 Å². The van der Waals surface area contributed by atoms with Gasteiger partial charge in [-0.1, -0.05) is 6.07 Å². The predicted octanol–water partition coefficient (Wildman–Crippen LogP) is 1.53. The fourth-order valence-corrected chi connectivity index (χ4v) is 2.16. The van der Waals surface area contributed by atoms with Crippen LogP contribution in [-0.4, -0.2) is 40.5 Å². The molecule has 0 aliphatic rings. The molecule has 1 atom stereocenters. The van der Waals surface area contributed by atoms with Crippen LogP contribution in [0.5, 0.6) is 0 Å². The van der Waals surface area contributed by atoms with E-state index < -0.39 is 12.1 Å². The van der Waals surface area contributed by atoms with E-state index in [4.69, 9.17) is 5.11 Å². The van der Waals surface area contributed by atoms with Gasteiger partial charge in [0.15, 0.2) is 0 Å². The van der Waals surface area contributed by atoms with E-state index in [9.17, 15) is 15.0 Å². The normalized spacial score (nSPS) is 12.3. The molecule has 0 bridgehead atoms. The Morgan fingerprint density at radius 1 is 1.44 bits per heavy atom. The SMILES string of the molecule is Cc1cc(C)c(NCC(O)CO)c(C(=O)O)c1Br. The van der Waals surface area contributed by atoms with Gasteiger partial charge in [0, 0.05) is 11.0 Å². The number of halogens is 1. The minimum Gasteiger partial charge on any atom is -0.478 e. The van der Waals surface area contributed by atoms with E-state index in [1.54, 1.807) is 6.92 Å². The monoisotopic (exact) mass is 317 g/mol. The van der Waals surface area contributed by atoms with Gasteiger partial charge in [0.1, 0.15) is 0 Å². The minimum atomic E-state index is -1.05. The van der Waals surface area contributed by atoms with Gasteiger partial charge in [0.25, 0.3) is 0 Å². The summed E-state index contributed by atoms with van der Waals surface area (Å²) >= 11 is 3.26. The fourth-order valence-electron chi connectivity index (χ4n) is 1.68. The molecule has 4 N–H and O–H groups in total. The highest BCUT2D eigenvalue weighted by atomic mass is 79.9. The van der Waals surface area contributed by atoms with E-state index in [0.717, 1.165) is 11.1 Å². The van der Waals surface area contributed by atoms with Gasteiger partial charge in [0.2, 0.25) is 0 Å². The van der Waals surface area contributed by atoms with Gasteiger partial charge in [-0.15, -0.1) is 0 Å². The molecule has 0 heterocycles. The van der Waals surface area contributed by atoms with Crippen LogP contribution >= 0.6 is 15.9 Å². The lowest BCUT2D eigenvalue weighted by Gasteiger charge is -2.17. The van der Waals surface area contributed by atoms with Crippen LogP contribution in [0.3, 0.4) is 0 Å². The lowest BCUT2D eigenvalue weighted by atomic mass is 10.0. The maximum atomic E-state index is 11.3. The molecule has 0 saturated heterocycles. The summed E-state index contributed by atoms with van der Waals surface area (Å²) in [5.74, 6) is -1.05. The molecule has 0 fully saturated rings. The highest BCUT2D eigenvalue weighted by Crippen LogP contribution is 2.31. The second-order valence-electron chi connectivity index (χ2n) is 4.10. The van der Waals surface area contributed by atoms with E-state index in [-0.39, 0.29) is 18.7 Å². The zero-order valence-electron chi connectivity index (χ0n) is 10.2. The number of aliphatic hydroxyl groups excluding tert-OH is 2. The number of aliphatic hydroxyl groups is 2. The van der Waals surface area contributed by atoms with Crippen molar-refractivity contribution in [2.24, 2.45) is 0 Å². The third-order valence-electron chi connectivity index (χ3n) is 2.58. The van der Waals surface area contributed by atoms with E-state index in [0.29, 0.717) is 10.2 Å². The number of nitrogens with one attached hydrogen (secondary N) is 1. The summed E-state index contributed by atoms with van der Waals surface area (Å²) in [5.41, 5.74) is 2.20. The van der Waals surface area contributed by atoms with Gasteiger partial charge < -0.3 is 20.6 Å². The van der Waals surface area contributed by atoms with Gasteiger partial charge in [0.05, 0.1) is 24.0 Å². The number of hydrogen-bond donors (Lipinski definition) is 4. The Hall–Kier alpha value is -1.11. The molecule has 1 unspecified atom stereocenters. The van der Waals surface area contributed by atoms with Crippen LogP contribution in [0.2, 0.25) is 0 Å². The van der Waals surface area contributed by atoms with E-state index in [2.05, 4.69) is 21.2 Å². The molecule has 0 aromatic heterocycles. The number of carboxylic acids is 1. The number of aromatic carboxylic acids is 1. The first-order chi connectivity index (χ1) is 8.38.